The lowest BCUT2D eigenvalue weighted by Gasteiger charge is -2.34. The number of methoxy groups -OCH3 is 2. The summed E-state index contributed by atoms with van der Waals surface area (Å²) in [5.41, 5.74) is -1.31. The largest absolute Gasteiger partial charge is 0.509 e. The monoisotopic (exact) mass is 276 g/mol. The lowest BCUT2D eigenvalue weighted by molar-refractivity contribution is -0.0605. The molecule has 0 aromatic heterocycles. The van der Waals surface area contributed by atoms with Crippen molar-refractivity contribution in [3.63, 3.8) is 0 Å². The van der Waals surface area contributed by atoms with Gasteiger partial charge in [0, 0.05) is 0 Å². The fraction of sp³-hybridized carbons (Fsp3) is 0.455. The highest BCUT2D eigenvalue weighted by atomic mass is 35.5. The molecule has 0 bridgehead atoms. The first-order valence-electron chi connectivity index (χ1n) is 5.01. The molecule has 2 atom stereocenters. The van der Waals surface area contributed by atoms with Crippen molar-refractivity contribution in [3.8, 4) is 0 Å². The molecule has 2 unspecified atom stereocenters. The van der Waals surface area contributed by atoms with Gasteiger partial charge in [0.2, 0.25) is 0 Å². The quantitative estimate of drug-likeness (QED) is 0.580. The van der Waals surface area contributed by atoms with Crippen LogP contribution in [0.15, 0.2) is 24.3 Å². The average Bonchev–Trinajstić information content (AvgIpc) is 2.40. The van der Waals surface area contributed by atoms with Crippen LogP contribution in [-0.2, 0) is 18.9 Å². The minimum Gasteiger partial charge on any atom is -0.438 e. The zero-order chi connectivity index (χ0) is 13.6. The fourth-order valence-corrected chi connectivity index (χ4v) is 1.66. The van der Waals surface area contributed by atoms with E-state index in [1.807, 2.05) is 0 Å². The third kappa shape index (κ3) is 3.16. The minimum atomic E-state index is -1.31. The maximum Gasteiger partial charge on any atom is 0.509 e. The molecule has 0 amide bonds. The van der Waals surface area contributed by atoms with Crippen molar-refractivity contribution in [1.29, 1.82) is 0 Å². The maximum absolute atomic E-state index is 11.2. The van der Waals surface area contributed by atoms with Crippen molar-refractivity contribution < 1.29 is 28.5 Å². The number of hydrogen-bond acceptors (Lipinski definition) is 6. The van der Waals surface area contributed by atoms with E-state index in [9.17, 15) is 9.59 Å². The van der Waals surface area contributed by atoms with Crippen LogP contribution in [0.1, 0.15) is 0 Å². The van der Waals surface area contributed by atoms with E-state index in [-0.39, 0.29) is 5.88 Å². The van der Waals surface area contributed by atoms with Gasteiger partial charge in [-0.25, -0.2) is 9.59 Å². The van der Waals surface area contributed by atoms with Gasteiger partial charge in [-0.2, -0.15) is 0 Å². The van der Waals surface area contributed by atoms with Crippen LogP contribution in [-0.4, -0.2) is 44.1 Å². The third-order valence-corrected chi connectivity index (χ3v) is 2.71. The van der Waals surface area contributed by atoms with Crippen molar-refractivity contribution in [2.45, 2.75) is 11.7 Å². The van der Waals surface area contributed by atoms with Crippen LogP contribution in [0.5, 0.6) is 0 Å². The molecule has 6 nitrogen and oxygen atoms in total. The first kappa shape index (κ1) is 14.4. The molecule has 100 valence electrons. The SMILES string of the molecule is COC(=O)OC1C=CC=CC1(CCl)OC(=O)OC. The van der Waals surface area contributed by atoms with Gasteiger partial charge in [-0.3, -0.25) is 0 Å². The maximum atomic E-state index is 11.2. The standard InChI is InChI=1S/C11H13ClO6/c1-15-9(13)17-8-5-3-4-6-11(8,7-12)18-10(14)16-2/h3-6,8H,7H2,1-2H3. The van der Waals surface area contributed by atoms with E-state index >= 15 is 0 Å². The molecule has 0 aromatic carbocycles. The van der Waals surface area contributed by atoms with Crippen molar-refractivity contribution in [1.82, 2.24) is 0 Å². The molecular weight excluding hydrogens is 264 g/mol. The highest BCUT2D eigenvalue weighted by Crippen LogP contribution is 2.28. The highest BCUT2D eigenvalue weighted by Gasteiger charge is 2.43. The van der Waals surface area contributed by atoms with E-state index in [0.717, 1.165) is 0 Å². The Labute approximate surface area is 109 Å². The predicted molar refractivity (Wildman–Crippen MR) is 62.5 cm³/mol. The number of hydrogen-bond donors (Lipinski definition) is 0. The minimum absolute atomic E-state index is 0.107. The molecule has 0 heterocycles. The summed E-state index contributed by atoms with van der Waals surface area (Å²) >= 11 is 5.81. The molecule has 1 rings (SSSR count). The molecule has 0 aliphatic heterocycles. The second-order valence-electron chi connectivity index (χ2n) is 3.38. The van der Waals surface area contributed by atoms with Gasteiger partial charge in [-0.05, 0) is 12.2 Å². The Balaban J connectivity index is 2.90. The second kappa shape index (κ2) is 6.30. The molecule has 0 spiro atoms. The number of ether oxygens (including phenoxy) is 4. The van der Waals surface area contributed by atoms with Crippen LogP contribution in [0.4, 0.5) is 9.59 Å². The Hall–Kier alpha value is -1.69. The lowest BCUT2D eigenvalue weighted by atomic mass is 9.94. The third-order valence-electron chi connectivity index (χ3n) is 2.30. The molecule has 18 heavy (non-hydrogen) atoms. The van der Waals surface area contributed by atoms with Crippen LogP contribution < -0.4 is 0 Å². The van der Waals surface area contributed by atoms with Gasteiger partial charge in [0.25, 0.3) is 0 Å². The Morgan fingerprint density at radius 1 is 1.22 bits per heavy atom. The molecule has 0 saturated heterocycles. The van der Waals surface area contributed by atoms with E-state index in [0.29, 0.717) is 0 Å². The van der Waals surface area contributed by atoms with Crippen molar-refractivity contribution in [2.24, 2.45) is 0 Å². The number of allylic oxidation sites excluding steroid dienone is 2. The number of carbonyl (C=O) groups excluding carboxylic acids is 2. The highest BCUT2D eigenvalue weighted by molar-refractivity contribution is 6.19. The van der Waals surface area contributed by atoms with E-state index in [4.69, 9.17) is 21.1 Å². The van der Waals surface area contributed by atoms with Crippen molar-refractivity contribution in [2.75, 3.05) is 20.1 Å². The molecule has 1 aliphatic carbocycles. The van der Waals surface area contributed by atoms with Crippen LogP contribution in [0.25, 0.3) is 0 Å². The summed E-state index contributed by atoms with van der Waals surface area (Å²) in [6.07, 6.45) is 3.61. The molecule has 0 fully saturated rings. The van der Waals surface area contributed by atoms with Gasteiger partial charge >= 0.3 is 12.3 Å². The van der Waals surface area contributed by atoms with Gasteiger partial charge in [0.05, 0.1) is 20.1 Å². The summed E-state index contributed by atoms with van der Waals surface area (Å²) < 4.78 is 18.8. The first-order chi connectivity index (χ1) is 8.57. The van der Waals surface area contributed by atoms with Gasteiger partial charge in [-0.15, -0.1) is 11.6 Å². The molecule has 0 saturated carbocycles. The van der Waals surface area contributed by atoms with Gasteiger partial charge in [0.15, 0.2) is 11.7 Å². The topological polar surface area (TPSA) is 71.1 Å². The van der Waals surface area contributed by atoms with Gasteiger partial charge < -0.3 is 18.9 Å². The number of alkyl halides is 1. The molecule has 0 N–H and O–H groups in total. The number of rotatable bonds is 3. The van der Waals surface area contributed by atoms with Crippen molar-refractivity contribution >= 4 is 23.9 Å². The molecule has 7 heteroatoms. The predicted octanol–water partition coefficient (Wildman–Crippen LogP) is 2.02. The average molecular weight is 277 g/mol. The van der Waals surface area contributed by atoms with E-state index in [1.54, 1.807) is 12.2 Å². The zero-order valence-electron chi connectivity index (χ0n) is 9.92. The van der Waals surface area contributed by atoms with E-state index in [2.05, 4.69) is 9.47 Å². The zero-order valence-corrected chi connectivity index (χ0v) is 10.7. The fourth-order valence-electron chi connectivity index (χ4n) is 1.37. The van der Waals surface area contributed by atoms with E-state index < -0.39 is 24.0 Å². The number of halogens is 1. The summed E-state index contributed by atoms with van der Waals surface area (Å²) in [7, 11) is 2.34. The summed E-state index contributed by atoms with van der Waals surface area (Å²) in [5.74, 6) is -0.107. The van der Waals surface area contributed by atoms with Crippen LogP contribution in [0.2, 0.25) is 0 Å². The molecular formula is C11H13ClO6. The summed E-state index contributed by atoms with van der Waals surface area (Å²) in [6, 6.07) is 0. The Morgan fingerprint density at radius 2 is 1.89 bits per heavy atom. The smallest absolute Gasteiger partial charge is 0.438 e. The van der Waals surface area contributed by atoms with Gasteiger partial charge in [0.1, 0.15) is 0 Å². The normalized spacial score (nSPS) is 25.4. The lowest BCUT2D eigenvalue weighted by Crippen LogP contribution is -2.48. The Bertz CT molecular complexity index is 378. The van der Waals surface area contributed by atoms with Crippen LogP contribution >= 0.6 is 11.6 Å². The Morgan fingerprint density at radius 3 is 2.44 bits per heavy atom. The summed E-state index contributed by atoms with van der Waals surface area (Å²) in [5, 5.41) is 0. The van der Waals surface area contributed by atoms with Crippen LogP contribution in [0, 0.1) is 0 Å². The van der Waals surface area contributed by atoms with E-state index in [1.165, 1.54) is 26.4 Å². The van der Waals surface area contributed by atoms with Crippen molar-refractivity contribution in [3.05, 3.63) is 24.3 Å². The molecule has 1 aliphatic rings. The summed E-state index contributed by atoms with van der Waals surface area (Å²) in [6.45, 7) is 0. The number of carbonyl (C=O) groups is 2. The second-order valence-corrected chi connectivity index (χ2v) is 3.65. The first-order valence-corrected chi connectivity index (χ1v) is 5.55. The molecule has 0 radical (unpaired) electrons. The molecule has 0 aromatic rings. The Kier molecular flexibility index (Phi) is 5.03. The van der Waals surface area contributed by atoms with Gasteiger partial charge in [-0.1, -0.05) is 12.2 Å². The van der Waals surface area contributed by atoms with Crippen LogP contribution in [0.3, 0.4) is 0 Å². The summed E-state index contributed by atoms with van der Waals surface area (Å²) in [4.78, 5) is 22.3.